The largest absolute Gasteiger partial charge is 0.466 e. The maximum Gasteiger partial charge on any atom is 0.305 e. The normalized spacial score (nSPS) is 12.8. The zero-order valence-electron chi connectivity index (χ0n) is 45.6. The van der Waals surface area contributed by atoms with Gasteiger partial charge in [0.25, 0.3) is 0 Å². The Morgan fingerprint density at radius 1 is 0.412 bits per heavy atom. The third-order valence-electron chi connectivity index (χ3n) is 13.9. The summed E-state index contributed by atoms with van der Waals surface area (Å²) < 4.78 is 5.48. The van der Waals surface area contributed by atoms with Crippen molar-refractivity contribution in [1.29, 1.82) is 0 Å². The first-order chi connectivity index (χ1) is 33.5. The zero-order chi connectivity index (χ0) is 49.3. The molecule has 0 heterocycles. The molecule has 0 aromatic rings. The first-order valence-corrected chi connectivity index (χ1v) is 30.2. The van der Waals surface area contributed by atoms with Crippen molar-refractivity contribution in [3.05, 3.63) is 36.5 Å². The third kappa shape index (κ3) is 53.4. The number of rotatable bonds is 56. The minimum Gasteiger partial charge on any atom is -0.466 e. The lowest BCUT2D eigenvalue weighted by molar-refractivity contribution is -0.143. The topological polar surface area (TPSA) is 95.9 Å². The number of allylic oxidation sites excluding steroid dienone is 6. The Bertz CT molecular complexity index is 1100. The molecule has 0 saturated heterocycles. The van der Waals surface area contributed by atoms with Crippen molar-refractivity contribution in [2.24, 2.45) is 0 Å². The zero-order valence-corrected chi connectivity index (χ0v) is 45.6. The van der Waals surface area contributed by atoms with Crippen molar-refractivity contribution >= 4 is 11.9 Å². The van der Waals surface area contributed by atoms with Gasteiger partial charge in [-0.3, -0.25) is 9.59 Å². The highest BCUT2D eigenvalue weighted by atomic mass is 16.5. The second-order valence-corrected chi connectivity index (χ2v) is 20.7. The molecule has 2 unspecified atom stereocenters. The van der Waals surface area contributed by atoms with Gasteiger partial charge in [0, 0.05) is 12.8 Å². The van der Waals surface area contributed by atoms with Crippen LogP contribution in [-0.2, 0) is 14.3 Å². The van der Waals surface area contributed by atoms with Gasteiger partial charge in [0.05, 0.1) is 25.4 Å². The molecule has 0 radical (unpaired) electrons. The third-order valence-corrected chi connectivity index (χ3v) is 13.9. The summed E-state index contributed by atoms with van der Waals surface area (Å²) >= 11 is 0. The van der Waals surface area contributed by atoms with Gasteiger partial charge in [-0.15, -0.1) is 0 Å². The van der Waals surface area contributed by atoms with Crippen molar-refractivity contribution in [3.63, 3.8) is 0 Å². The van der Waals surface area contributed by atoms with Gasteiger partial charge >= 0.3 is 5.97 Å². The molecule has 0 aliphatic carbocycles. The predicted molar refractivity (Wildman–Crippen MR) is 296 cm³/mol. The Morgan fingerprint density at radius 2 is 0.735 bits per heavy atom. The van der Waals surface area contributed by atoms with Gasteiger partial charge in [0.15, 0.2) is 0 Å². The van der Waals surface area contributed by atoms with E-state index in [1.165, 1.54) is 238 Å². The molecule has 0 aliphatic heterocycles. The van der Waals surface area contributed by atoms with Gasteiger partial charge in [0.1, 0.15) is 0 Å². The Labute approximate surface area is 424 Å². The van der Waals surface area contributed by atoms with Crippen LogP contribution in [0.2, 0.25) is 0 Å². The van der Waals surface area contributed by atoms with Gasteiger partial charge in [0.2, 0.25) is 5.91 Å². The quantitative estimate of drug-likeness (QED) is 0.0321. The molecule has 3 N–H and O–H groups in total. The molecule has 6 nitrogen and oxygen atoms in total. The van der Waals surface area contributed by atoms with E-state index in [1.807, 2.05) is 0 Å². The van der Waals surface area contributed by atoms with Crippen LogP contribution in [0.1, 0.15) is 322 Å². The van der Waals surface area contributed by atoms with Crippen LogP contribution in [0, 0.1) is 0 Å². The van der Waals surface area contributed by atoms with Gasteiger partial charge < -0.3 is 20.3 Å². The van der Waals surface area contributed by atoms with Gasteiger partial charge in [-0.25, -0.2) is 0 Å². The molecule has 0 saturated carbocycles. The first-order valence-electron chi connectivity index (χ1n) is 30.2. The van der Waals surface area contributed by atoms with Crippen molar-refractivity contribution in [1.82, 2.24) is 5.32 Å². The number of hydrogen-bond acceptors (Lipinski definition) is 5. The molecule has 68 heavy (non-hydrogen) atoms. The molecule has 0 rings (SSSR count). The van der Waals surface area contributed by atoms with E-state index in [1.54, 1.807) is 0 Å². The molecule has 0 spiro atoms. The molecule has 0 aromatic heterocycles. The average Bonchev–Trinajstić information content (AvgIpc) is 3.34. The summed E-state index contributed by atoms with van der Waals surface area (Å²) in [7, 11) is 0. The van der Waals surface area contributed by atoms with Crippen LogP contribution in [0.15, 0.2) is 36.5 Å². The second kappa shape index (κ2) is 57.7. The summed E-state index contributed by atoms with van der Waals surface area (Å²) in [6.45, 7) is 4.92. The Hall–Kier alpha value is -1.92. The number of hydrogen-bond donors (Lipinski definition) is 3. The van der Waals surface area contributed by atoms with Crippen molar-refractivity contribution in [3.8, 4) is 0 Å². The van der Waals surface area contributed by atoms with Crippen molar-refractivity contribution < 1.29 is 24.5 Å². The molecule has 0 fully saturated rings. The van der Waals surface area contributed by atoms with Gasteiger partial charge in [-0.05, 0) is 83.5 Å². The highest BCUT2D eigenvalue weighted by Crippen LogP contribution is 2.17. The number of amides is 1. The van der Waals surface area contributed by atoms with Gasteiger partial charge in [-0.2, -0.15) is 0 Å². The van der Waals surface area contributed by atoms with Crippen LogP contribution in [-0.4, -0.2) is 47.4 Å². The summed E-state index contributed by atoms with van der Waals surface area (Å²) in [5.41, 5.74) is 0. The molecule has 0 aromatic carbocycles. The molecule has 6 heteroatoms. The van der Waals surface area contributed by atoms with Crippen LogP contribution < -0.4 is 5.32 Å². The van der Waals surface area contributed by atoms with Crippen LogP contribution in [0.4, 0.5) is 0 Å². The molecule has 0 aliphatic rings. The van der Waals surface area contributed by atoms with Crippen molar-refractivity contribution in [2.75, 3.05) is 13.2 Å². The fraction of sp³-hybridized carbons (Fsp3) is 0.871. The number of esters is 1. The lowest BCUT2D eigenvalue weighted by atomic mass is 10.0. The molecule has 1 amide bonds. The van der Waals surface area contributed by atoms with Gasteiger partial charge in [-0.1, -0.05) is 262 Å². The number of aliphatic hydroxyl groups is 2. The number of carbonyl (C=O) groups is 2. The van der Waals surface area contributed by atoms with E-state index in [0.29, 0.717) is 25.9 Å². The highest BCUT2D eigenvalue weighted by Gasteiger charge is 2.20. The second-order valence-electron chi connectivity index (χ2n) is 20.7. The molecule has 2 atom stereocenters. The van der Waals surface area contributed by atoms with E-state index < -0.39 is 12.1 Å². The Kier molecular flexibility index (Phi) is 56.0. The Morgan fingerprint density at radius 3 is 1.16 bits per heavy atom. The summed E-state index contributed by atoms with van der Waals surface area (Å²) in [5.74, 6) is -0.0422. The van der Waals surface area contributed by atoms with Crippen LogP contribution in [0.25, 0.3) is 0 Å². The standard InChI is InChI=1S/C62H117NO5/c1-3-5-7-9-11-13-15-17-18-24-28-32-36-40-44-48-52-56-62(67)68-57-53-49-45-41-37-33-29-26-23-21-19-20-22-25-27-31-35-39-43-47-51-55-61(66)63-59(58-64)60(65)54-50-46-42-38-34-30-16-14-12-10-8-6-4-2/h11,13,17-18,20,22,59-60,64-65H,3-10,12,14-16,19,21,23-58H2,1-2H3,(H,63,66)/b13-11-,18-17-,22-20-. The lowest BCUT2D eigenvalue weighted by Crippen LogP contribution is -2.45. The van der Waals surface area contributed by atoms with E-state index in [4.69, 9.17) is 4.74 Å². The monoisotopic (exact) mass is 956 g/mol. The maximum absolute atomic E-state index is 12.5. The smallest absolute Gasteiger partial charge is 0.305 e. The van der Waals surface area contributed by atoms with Crippen LogP contribution >= 0.6 is 0 Å². The van der Waals surface area contributed by atoms with E-state index >= 15 is 0 Å². The lowest BCUT2D eigenvalue weighted by Gasteiger charge is -2.22. The molecular formula is C62H117NO5. The minimum atomic E-state index is -0.669. The van der Waals surface area contributed by atoms with E-state index in [0.717, 1.165) is 51.4 Å². The fourth-order valence-electron chi connectivity index (χ4n) is 9.25. The molecule has 400 valence electrons. The first kappa shape index (κ1) is 66.1. The number of nitrogens with one attached hydrogen (secondary N) is 1. The van der Waals surface area contributed by atoms with Crippen molar-refractivity contribution in [2.45, 2.75) is 334 Å². The van der Waals surface area contributed by atoms with Crippen LogP contribution in [0.3, 0.4) is 0 Å². The highest BCUT2D eigenvalue weighted by molar-refractivity contribution is 5.76. The van der Waals surface area contributed by atoms with E-state index in [2.05, 4.69) is 55.6 Å². The summed E-state index contributed by atoms with van der Waals surface area (Å²) in [4.78, 5) is 24.5. The minimum absolute atomic E-state index is 0.000421. The molecule has 0 bridgehead atoms. The Balaban J connectivity index is 3.41. The summed E-state index contributed by atoms with van der Waals surface area (Å²) in [6, 6.07) is -0.547. The number of carbonyl (C=O) groups excluding carboxylic acids is 2. The summed E-state index contributed by atoms with van der Waals surface area (Å²) in [6.07, 6.45) is 71.4. The van der Waals surface area contributed by atoms with E-state index in [9.17, 15) is 19.8 Å². The van der Waals surface area contributed by atoms with E-state index in [-0.39, 0.29) is 18.5 Å². The fourth-order valence-corrected chi connectivity index (χ4v) is 9.25. The predicted octanol–water partition coefficient (Wildman–Crippen LogP) is 18.8. The maximum atomic E-state index is 12.5. The number of ether oxygens (including phenoxy) is 1. The molecular weight excluding hydrogens is 839 g/mol. The average molecular weight is 957 g/mol. The van der Waals surface area contributed by atoms with Crippen LogP contribution in [0.5, 0.6) is 0 Å². The number of aliphatic hydroxyl groups excluding tert-OH is 2. The SMILES string of the molecule is CCCCC/C=C\C/C=C\CCCCCCCCCC(=O)OCCCCCCCCCCCC/C=C\CCCCCCCCCC(=O)NC(CO)C(O)CCCCCCCCCCCCCCC. The summed E-state index contributed by atoms with van der Waals surface area (Å²) in [5, 5.41) is 23.2. The number of unbranched alkanes of at least 4 members (excludes halogenated alkanes) is 39.